The second-order valence-corrected chi connectivity index (χ2v) is 8.90. The Morgan fingerprint density at radius 2 is 1.89 bits per heavy atom. The van der Waals surface area contributed by atoms with Crippen molar-refractivity contribution in [3.8, 4) is 5.75 Å². The Morgan fingerprint density at radius 1 is 1.14 bits per heavy atom. The van der Waals surface area contributed by atoms with Crippen LogP contribution in [0.5, 0.6) is 5.75 Å². The molecule has 1 atom stereocenters. The van der Waals surface area contributed by atoms with E-state index in [-0.39, 0.29) is 11.7 Å². The Hall–Kier alpha value is -2.38. The Labute approximate surface area is 166 Å². The van der Waals surface area contributed by atoms with E-state index in [2.05, 4.69) is 10.0 Å². The van der Waals surface area contributed by atoms with Gasteiger partial charge in [0.1, 0.15) is 5.75 Å². The maximum absolute atomic E-state index is 12.7. The lowest BCUT2D eigenvalue weighted by atomic mass is 9.82. The number of aryl methyl sites for hydroxylation is 1. The number of carbonyl (C=O) groups excluding carboxylic acids is 1. The minimum absolute atomic E-state index is 0.00207. The van der Waals surface area contributed by atoms with Crippen LogP contribution in [-0.4, -0.2) is 40.7 Å². The summed E-state index contributed by atoms with van der Waals surface area (Å²) in [6, 6.07) is 13.0. The number of nitrogens with one attached hydrogen (secondary N) is 2. The van der Waals surface area contributed by atoms with Crippen LogP contribution in [0.3, 0.4) is 0 Å². The molecule has 2 N–H and O–H groups in total. The van der Waals surface area contributed by atoms with Crippen LogP contribution in [0.15, 0.2) is 42.5 Å². The van der Waals surface area contributed by atoms with Gasteiger partial charge in [0.25, 0.3) is 0 Å². The highest BCUT2D eigenvalue weighted by Crippen LogP contribution is 2.28. The van der Waals surface area contributed by atoms with Crippen LogP contribution in [0, 0.1) is 5.92 Å². The van der Waals surface area contributed by atoms with Crippen LogP contribution < -0.4 is 14.8 Å². The van der Waals surface area contributed by atoms with Crippen LogP contribution in [0.2, 0.25) is 0 Å². The smallest absolute Gasteiger partial charge is 0.229 e. The number of benzene rings is 2. The number of hydrogen-bond acceptors (Lipinski definition) is 5. The first-order chi connectivity index (χ1) is 13.4. The highest BCUT2D eigenvalue weighted by atomic mass is 32.2. The summed E-state index contributed by atoms with van der Waals surface area (Å²) in [6.07, 6.45) is 3.68. The standard InChI is InChI=1S/C21H26N2O4S/c1-27-19-9-10-20-16(13-19)5-6-17(21(20)24)14-22-12-11-15-3-7-18(8-4-15)23-28(2,25)26/h3-4,7-10,13,17,22-23H,5-6,11-12,14H2,1-2H3. The second-order valence-electron chi connectivity index (χ2n) is 7.15. The molecule has 0 radical (unpaired) electrons. The average Bonchev–Trinajstić information content (AvgIpc) is 2.66. The van der Waals surface area contributed by atoms with E-state index in [0.29, 0.717) is 12.2 Å². The highest BCUT2D eigenvalue weighted by Gasteiger charge is 2.27. The molecule has 1 unspecified atom stereocenters. The normalized spacial score (nSPS) is 16.5. The molecule has 0 bridgehead atoms. The monoisotopic (exact) mass is 402 g/mol. The van der Waals surface area contributed by atoms with Gasteiger partial charge in [-0.05, 0) is 67.3 Å². The van der Waals surface area contributed by atoms with Gasteiger partial charge in [-0.2, -0.15) is 0 Å². The Balaban J connectivity index is 1.47. The second kappa shape index (κ2) is 8.75. The summed E-state index contributed by atoms with van der Waals surface area (Å²) in [5.41, 5.74) is 3.55. The maximum Gasteiger partial charge on any atom is 0.229 e. The predicted octanol–water partition coefficient (Wildman–Crippen LogP) is 2.64. The van der Waals surface area contributed by atoms with Gasteiger partial charge in [0, 0.05) is 23.7 Å². The average molecular weight is 403 g/mol. The van der Waals surface area contributed by atoms with Gasteiger partial charge in [0.15, 0.2) is 5.78 Å². The van der Waals surface area contributed by atoms with Crippen molar-refractivity contribution in [2.75, 3.05) is 31.2 Å². The minimum Gasteiger partial charge on any atom is -0.497 e. The lowest BCUT2D eigenvalue weighted by Crippen LogP contribution is -2.33. The number of carbonyl (C=O) groups is 1. The number of methoxy groups -OCH3 is 1. The van der Waals surface area contributed by atoms with Crippen molar-refractivity contribution >= 4 is 21.5 Å². The fourth-order valence-corrected chi connectivity index (χ4v) is 4.05. The quantitative estimate of drug-likeness (QED) is 0.663. The van der Waals surface area contributed by atoms with E-state index in [1.807, 2.05) is 30.3 Å². The summed E-state index contributed by atoms with van der Waals surface area (Å²) in [5.74, 6) is 0.996. The third kappa shape index (κ3) is 5.33. The Morgan fingerprint density at radius 3 is 2.57 bits per heavy atom. The van der Waals surface area contributed by atoms with Gasteiger partial charge in [0.2, 0.25) is 10.0 Å². The molecular formula is C21H26N2O4S. The molecule has 0 saturated heterocycles. The van der Waals surface area contributed by atoms with E-state index in [0.717, 1.165) is 54.5 Å². The first kappa shape index (κ1) is 20.4. The number of sulfonamides is 1. The van der Waals surface area contributed by atoms with E-state index in [1.54, 1.807) is 19.2 Å². The largest absolute Gasteiger partial charge is 0.497 e. The molecule has 7 heteroatoms. The summed E-state index contributed by atoms with van der Waals surface area (Å²) in [5, 5.41) is 3.38. The number of fused-ring (bicyclic) bond motifs is 1. The number of ketones is 1. The summed E-state index contributed by atoms with van der Waals surface area (Å²) in [4.78, 5) is 12.7. The minimum atomic E-state index is -3.26. The van der Waals surface area contributed by atoms with Crippen LogP contribution in [0.25, 0.3) is 0 Å². The van der Waals surface area contributed by atoms with E-state index < -0.39 is 10.0 Å². The first-order valence-corrected chi connectivity index (χ1v) is 11.2. The zero-order valence-corrected chi connectivity index (χ0v) is 17.0. The number of rotatable bonds is 8. The lowest BCUT2D eigenvalue weighted by Gasteiger charge is -2.24. The molecule has 0 saturated carbocycles. The van der Waals surface area contributed by atoms with Crippen LogP contribution in [0.4, 0.5) is 5.69 Å². The molecule has 6 nitrogen and oxygen atoms in total. The zero-order chi connectivity index (χ0) is 20.1. The molecule has 1 aliphatic rings. The van der Waals surface area contributed by atoms with Crippen molar-refractivity contribution in [1.82, 2.24) is 5.32 Å². The van der Waals surface area contributed by atoms with Crippen LogP contribution >= 0.6 is 0 Å². The van der Waals surface area contributed by atoms with Crippen LogP contribution in [0.1, 0.15) is 27.9 Å². The first-order valence-electron chi connectivity index (χ1n) is 9.34. The van der Waals surface area contributed by atoms with E-state index in [4.69, 9.17) is 4.74 Å². The highest BCUT2D eigenvalue weighted by molar-refractivity contribution is 7.92. The molecule has 0 aliphatic heterocycles. The summed E-state index contributed by atoms with van der Waals surface area (Å²) in [6.45, 7) is 1.43. The van der Waals surface area contributed by atoms with Crippen LogP contribution in [-0.2, 0) is 22.9 Å². The molecule has 0 amide bonds. The van der Waals surface area contributed by atoms with Crippen molar-refractivity contribution in [3.05, 3.63) is 59.2 Å². The molecule has 0 aromatic heterocycles. The fourth-order valence-electron chi connectivity index (χ4n) is 3.48. The topological polar surface area (TPSA) is 84.5 Å². The SMILES string of the molecule is COc1ccc2c(c1)CCC(CNCCc1ccc(NS(C)(=O)=O)cc1)C2=O. The zero-order valence-electron chi connectivity index (χ0n) is 16.2. The molecule has 2 aromatic carbocycles. The van der Waals surface area contributed by atoms with Crippen molar-refractivity contribution < 1.29 is 17.9 Å². The summed E-state index contributed by atoms with van der Waals surface area (Å²) < 4.78 is 30.1. The van der Waals surface area contributed by atoms with E-state index in [9.17, 15) is 13.2 Å². The third-order valence-corrected chi connectivity index (χ3v) is 5.56. The van der Waals surface area contributed by atoms with Crippen molar-refractivity contribution in [3.63, 3.8) is 0 Å². The fraction of sp³-hybridized carbons (Fsp3) is 0.381. The van der Waals surface area contributed by atoms with Gasteiger partial charge in [-0.25, -0.2) is 8.42 Å². The molecule has 0 spiro atoms. The van der Waals surface area contributed by atoms with Gasteiger partial charge in [-0.1, -0.05) is 12.1 Å². The van der Waals surface area contributed by atoms with Gasteiger partial charge >= 0.3 is 0 Å². The number of Topliss-reactive ketones (excluding diaryl/α,β-unsaturated/α-hetero) is 1. The predicted molar refractivity (Wildman–Crippen MR) is 111 cm³/mol. The molecular weight excluding hydrogens is 376 g/mol. The maximum atomic E-state index is 12.7. The molecule has 0 fully saturated rings. The Bertz CT molecular complexity index is 939. The molecule has 2 aromatic rings. The van der Waals surface area contributed by atoms with Gasteiger partial charge < -0.3 is 10.1 Å². The number of hydrogen-bond donors (Lipinski definition) is 2. The Kier molecular flexibility index (Phi) is 6.36. The lowest BCUT2D eigenvalue weighted by molar-refractivity contribution is 0.0901. The van der Waals surface area contributed by atoms with Gasteiger partial charge in [0.05, 0.1) is 13.4 Å². The van der Waals surface area contributed by atoms with E-state index in [1.165, 1.54) is 0 Å². The molecule has 28 heavy (non-hydrogen) atoms. The number of ether oxygens (including phenoxy) is 1. The summed E-state index contributed by atoms with van der Waals surface area (Å²) in [7, 11) is -1.62. The third-order valence-electron chi connectivity index (χ3n) is 4.95. The van der Waals surface area contributed by atoms with E-state index >= 15 is 0 Å². The van der Waals surface area contributed by atoms with Crippen molar-refractivity contribution in [2.45, 2.75) is 19.3 Å². The van der Waals surface area contributed by atoms with Crippen molar-refractivity contribution in [2.24, 2.45) is 5.92 Å². The summed E-state index contributed by atoms with van der Waals surface area (Å²) >= 11 is 0. The van der Waals surface area contributed by atoms with Crippen molar-refractivity contribution in [1.29, 1.82) is 0 Å². The molecule has 1 aliphatic carbocycles. The number of anilines is 1. The molecule has 150 valence electrons. The van der Waals surface area contributed by atoms with Gasteiger partial charge in [-0.15, -0.1) is 0 Å². The molecule has 3 rings (SSSR count). The van der Waals surface area contributed by atoms with Gasteiger partial charge in [-0.3, -0.25) is 9.52 Å². The molecule has 0 heterocycles.